The topological polar surface area (TPSA) is 390 Å². The molecule has 3 fully saturated rings. The predicted octanol–water partition coefficient (Wildman–Crippen LogP) is 10.5. The summed E-state index contributed by atoms with van der Waals surface area (Å²) >= 11 is 13.7. The van der Waals surface area contributed by atoms with Gasteiger partial charge >= 0.3 is 0 Å². The van der Waals surface area contributed by atoms with Crippen molar-refractivity contribution < 1.29 is 28.8 Å². The molecule has 0 spiro atoms. The zero-order valence-corrected chi connectivity index (χ0v) is 73.4. The van der Waals surface area contributed by atoms with Crippen LogP contribution in [-0.2, 0) is 32.1 Å². The Morgan fingerprint density at radius 2 is 0.770 bits per heavy atom. The van der Waals surface area contributed by atoms with E-state index in [1.807, 2.05) is 166 Å². The largest absolute Gasteiger partial charge is 0.370 e. The molecule has 6 amide bonds. The van der Waals surface area contributed by atoms with Crippen LogP contribution in [0, 0.1) is 0 Å². The van der Waals surface area contributed by atoms with Crippen LogP contribution in [0.5, 0.6) is 0 Å². The number of nitrogens with one attached hydrogen (secondary N) is 7. The van der Waals surface area contributed by atoms with E-state index in [0.29, 0.717) is 152 Å². The first-order valence-electron chi connectivity index (χ1n) is 43.5. The van der Waals surface area contributed by atoms with Crippen molar-refractivity contribution in [3.8, 4) is 0 Å². The first-order valence-corrected chi connectivity index (χ1v) is 45.0. The molecule has 28 heteroatoms. The van der Waals surface area contributed by atoms with Crippen LogP contribution >= 0.6 is 34.5 Å². The Hall–Kier alpha value is -12.0. The highest BCUT2D eigenvalue weighted by Crippen LogP contribution is 2.33. The van der Waals surface area contributed by atoms with Gasteiger partial charge in [-0.2, -0.15) is 0 Å². The van der Waals surface area contributed by atoms with Crippen molar-refractivity contribution in [2.24, 2.45) is 49.4 Å². The van der Waals surface area contributed by atoms with Gasteiger partial charge in [-0.1, -0.05) is 248 Å². The number of fused-ring (bicyclic) bond motifs is 2. The van der Waals surface area contributed by atoms with Gasteiger partial charge in [-0.05, 0) is 144 Å². The van der Waals surface area contributed by atoms with Crippen molar-refractivity contribution in [2.45, 2.75) is 131 Å². The monoisotopic (exact) mass is 1760 g/mol. The number of guanidine groups is 3. The van der Waals surface area contributed by atoms with Crippen molar-refractivity contribution >= 4 is 97.9 Å². The average Bonchev–Trinajstić information content (AvgIpc) is 1.55. The standard InChI is InChI=1S/C34H43N7O2.C33H38N6O2S.C31H36Cl2N6O2/c35-34(36)37-18-9-16-30-33(43)41(23-29(24-10-3-1-4-11-24)25-12-5-2-6-13-25)19-17-28(40-30)22-39-32(42)31-20-26-14-7-8-15-27(26)21-38-31;34-33(35)36-18-9-15-28-32(41)39(22-27(23-10-3-1-4-11-23)24-12-5-2-6-13-24)19-17-26(38-28)21-37-31(40)30-20-25-14-7-8-16-29(25)42-30;32-23-13-14-25(27(33)18-23)29(40)37-19-24-15-17-39(30(41)28(38-24)12-7-16-36-31(34)35)20-26(21-8-3-1-4-9-21)22-10-5-2-6-11-22/h1-8,10-15,28-31,38,40H,9,16-23H2,(H,39,42)(H4,35,36,37);1-8,10-14,16,20,26-28,38H,9,15,17-19,21-22H2,(H,37,40)(H4,34,35,36);1-6,8-11,13-14,18,24,26,28,38H,7,12,15-17,19-20H2,(H,37,40)(H4,34,35,36)/t28-,30-,31+;26-,28-;24-,28-/m000/s1. The maximum atomic E-state index is 14.0. The Kier molecular flexibility index (Phi) is 35.4. The van der Waals surface area contributed by atoms with Crippen LogP contribution in [0.15, 0.2) is 270 Å². The van der Waals surface area contributed by atoms with Crippen LogP contribution in [-0.4, -0.2) is 189 Å². The molecule has 0 aliphatic carbocycles. The summed E-state index contributed by atoms with van der Waals surface area (Å²) in [5, 5.41) is 25.0. The van der Waals surface area contributed by atoms with Crippen LogP contribution in [0.2, 0.25) is 10.0 Å². The van der Waals surface area contributed by atoms with Crippen molar-refractivity contribution in [3.63, 3.8) is 0 Å². The maximum Gasteiger partial charge on any atom is 0.261 e. The third-order valence-corrected chi connectivity index (χ3v) is 25.1. The molecule has 7 atom stereocenters. The van der Waals surface area contributed by atoms with E-state index >= 15 is 0 Å². The first kappa shape index (κ1) is 93.2. The van der Waals surface area contributed by atoms with Crippen molar-refractivity contribution in [2.75, 3.05) is 78.5 Å². The summed E-state index contributed by atoms with van der Waals surface area (Å²) in [5.74, 6) is 0.00314. The molecule has 4 aliphatic rings. The summed E-state index contributed by atoms with van der Waals surface area (Å²) in [4.78, 5) is 99.8. The van der Waals surface area contributed by atoms with E-state index in [1.54, 1.807) is 18.2 Å². The number of nitrogens with zero attached hydrogens (tertiary/aromatic N) is 6. The lowest BCUT2D eigenvalue weighted by molar-refractivity contribution is -0.133. The first-order chi connectivity index (χ1) is 61.3. The Labute approximate surface area is 752 Å². The zero-order valence-electron chi connectivity index (χ0n) is 71.0. The molecule has 0 saturated carbocycles. The number of benzene rings is 9. The van der Waals surface area contributed by atoms with Gasteiger partial charge < -0.3 is 86.3 Å². The number of hydrogen-bond donors (Lipinski definition) is 13. The lowest BCUT2D eigenvalue weighted by Gasteiger charge is -2.29. The Morgan fingerprint density at radius 3 is 1.14 bits per heavy atom. The molecular formula is C98H117Cl2N19O6S. The molecule has 3 saturated heterocycles. The van der Waals surface area contributed by atoms with Crippen molar-refractivity contribution in [1.29, 1.82) is 0 Å². The lowest BCUT2D eigenvalue weighted by Crippen LogP contribution is -2.52. The predicted molar refractivity (Wildman–Crippen MR) is 506 cm³/mol. The zero-order chi connectivity index (χ0) is 88.5. The van der Waals surface area contributed by atoms with Crippen molar-refractivity contribution in [1.82, 2.24) is 51.9 Å². The minimum Gasteiger partial charge on any atom is -0.370 e. The quantitative estimate of drug-likeness (QED) is 0.0103. The molecule has 0 unspecified atom stereocenters. The summed E-state index contributed by atoms with van der Waals surface area (Å²) in [6.07, 6.45) is 6.49. The van der Waals surface area contributed by atoms with E-state index in [4.69, 9.17) is 57.6 Å². The number of nitrogens with two attached hydrogens (primary N) is 6. The van der Waals surface area contributed by atoms with E-state index < -0.39 is 18.1 Å². The SMILES string of the molecule is NC(N)=NCCC[C@@H]1N[C@H](CNC(=O)[C@H]2Cc3ccccc3CN2)CCN(CC(c2ccccc2)c2ccccc2)C1=O.NC(N)=NCCC[C@@H]1N[C@H](CNC(=O)c2cc3ccccc3s2)CCN(CC(c2ccccc2)c2ccccc2)C1=O.NC(N)=NCCC[C@@H]1N[C@H](CNC(=O)c2ccc(Cl)cc2Cl)CCN(CC(c2ccccc2)c2ccccc2)C1=O. The van der Waals surface area contributed by atoms with Crippen molar-refractivity contribution in [3.05, 3.63) is 320 Å². The van der Waals surface area contributed by atoms with Gasteiger partial charge in [0.05, 0.1) is 39.6 Å². The van der Waals surface area contributed by atoms with Crippen LogP contribution in [0.25, 0.3) is 10.1 Å². The fourth-order valence-electron chi connectivity index (χ4n) is 16.8. The van der Waals surface area contributed by atoms with E-state index in [1.165, 1.54) is 44.7 Å². The Morgan fingerprint density at radius 1 is 0.421 bits per heavy atom. The molecule has 0 bridgehead atoms. The molecule has 14 rings (SSSR count). The summed E-state index contributed by atoms with van der Waals surface area (Å²) < 4.78 is 1.09. The van der Waals surface area contributed by atoms with E-state index in [2.05, 4.69) is 137 Å². The fourth-order valence-corrected chi connectivity index (χ4v) is 18.2. The molecule has 10 aromatic rings. The molecule has 1 aromatic heterocycles. The number of hydrogen-bond acceptors (Lipinski definition) is 14. The lowest BCUT2D eigenvalue weighted by atomic mass is 9.90. The summed E-state index contributed by atoms with van der Waals surface area (Å²) in [6.45, 7) is 6.67. The van der Waals surface area contributed by atoms with Gasteiger partial charge in [0, 0.05) is 131 Å². The van der Waals surface area contributed by atoms with E-state index in [0.717, 1.165) is 34.1 Å². The van der Waals surface area contributed by atoms with Crippen LogP contribution < -0.4 is 71.6 Å². The highest BCUT2D eigenvalue weighted by Gasteiger charge is 2.37. The minimum absolute atomic E-state index is 0.0127. The molecule has 4 aliphatic heterocycles. The van der Waals surface area contributed by atoms with Gasteiger partial charge in [-0.15, -0.1) is 11.3 Å². The Balaban J connectivity index is 0.000000172. The van der Waals surface area contributed by atoms with Gasteiger partial charge in [0.1, 0.15) is 0 Å². The van der Waals surface area contributed by atoms with Gasteiger partial charge in [0.25, 0.3) is 11.8 Å². The number of rotatable bonds is 33. The van der Waals surface area contributed by atoms with Gasteiger partial charge in [0.15, 0.2) is 17.9 Å². The molecule has 19 N–H and O–H groups in total. The average molecular weight is 1760 g/mol. The second kappa shape index (κ2) is 47.9. The van der Waals surface area contributed by atoms with Gasteiger partial charge in [-0.3, -0.25) is 43.7 Å². The maximum absolute atomic E-state index is 14.0. The summed E-state index contributed by atoms with van der Waals surface area (Å²) in [7, 11) is 0. The molecule has 25 nitrogen and oxygen atoms in total. The molecule has 126 heavy (non-hydrogen) atoms. The second-order valence-corrected chi connectivity index (χ2v) is 34.2. The van der Waals surface area contributed by atoms with Crippen LogP contribution in [0.3, 0.4) is 0 Å². The third-order valence-electron chi connectivity index (χ3n) is 23.4. The number of carbonyl (C=O) groups is 6. The molecule has 9 aromatic carbocycles. The van der Waals surface area contributed by atoms with Crippen LogP contribution in [0.1, 0.15) is 140 Å². The molecule has 660 valence electrons. The molecular weight excluding hydrogens is 1640 g/mol. The third kappa shape index (κ3) is 27.7. The number of aliphatic imine (C=N–C) groups is 3. The smallest absolute Gasteiger partial charge is 0.261 e. The number of carbonyl (C=O) groups excluding carboxylic acids is 6. The number of amides is 6. The summed E-state index contributed by atoms with van der Waals surface area (Å²) in [5.41, 5.74) is 42.8. The molecule has 5 heterocycles. The Bertz CT molecular complexity index is 5100. The number of thiophene rings is 1. The van der Waals surface area contributed by atoms with E-state index in [-0.39, 0.29) is 100 Å². The highest BCUT2D eigenvalue weighted by molar-refractivity contribution is 7.20. The minimum atomic E-state index is -0.445. The van der Waals surface area contributed by atoms with Crippen LogP contribution in [0.4, 0.5) is 0 Å². The van der Waals surface area contributed by atoms with E-state index in [9.17, 15) is 28.8 Å². The summed E-state index contributed by atoms with van der Waals surface area (Å²) in [6, 6.07) is 83.1. The fraction of sp³-hybridized carbons (Fsp3) is 0.337. The highest BCUT2D eigenvalue weighted by atomic mass is 35.5. The van der Waals surface area contributed by atoms with Gasteiger partial charge in [-0.25, -0.2) is 0 Å². The normalized spacial score (nSPS) is 18.3. The second-order valence-electron chi connectivity index (χ2n) is 32.3. The van der Waals surface area contributed by atoms with Gasteiger partial charge in [0.2, 0.25) is 23.6 Å². The molecule has 0 radical (unpaired) electrons. The number of halogens is 2.